The van der Waals surface area contributed by atoms with Crippen LogP contribution in [0.15, 0.2) is 46.9 Å². The third-order valence-electron chi connectivity index (χ3n) is 5.46. The minimum absolute atomic E-state index is 0.0710. The Morgan fingerprint density at radius 3 is 2.43 bits per heavy atom. The van der Waals surface area contributed by atoms with Gasteiger partial charge in [0.2, 0.25) is 0 Å². The molecule has 1 amide bonds. The molecule has 0 radical (unpaired) electrons. The number of halogens is 2. The topological polar surface area (TPSA) is 47.4 Å². The van der Waals surface area contributed by atoms with E-state index >= 15 is 0 Å². The molecule has 4 rings (SSSR count). The SMILES string of the molecule is COc1ccc(-n2c(-c3ccc(Br)c(F)c3)nc(C(=O)N3CCCCC3)c2C)cc1. The lowest BCUT2D eigenvalue weighted by molar-refractivity contribution is 0.0718. The maximum atomic E-state index is 14.3. The number of benzene rings is 2. The van der Waals surface area contributed by atoms with Gasteiger partial charge < -0.3 is 9.64 Å². The van der Waals surface area contributed by atoms with E-state index in [1.54, 1.807) is 19.2 Å². The minimum atomic E-state index is -0.377. The van der Waals surface area contributed by atoms with Crippen molar-refractivity contribution in [2.24, 2.45) is 0 Å². The van der Waals surface area contributed by atoms with Crippen molar-refractivity contribution in [2.75, 3.05) is 20.2 Å². The van der Waals surface area contributed by atoms with Crippen molar-refractivity contribution < 1.29 is 13.9 Å². The average molecular weight is 472 g/mol. The van der Waals surface area contributed by atoms with Crippen molar-refractivity contribution >= 4 is 21.8 Å². The smallest absolute Gasteiger partial charge is 0.274 e. The molecule has 0 saturated carbocycles. The first-order chi connectivity index (χ1) is 14.5. The van der Waals surface area contributed by atoms with Crippen LogP contribution in [-0.4, -0.2) is 40.6 Å². The largest absolute Gasteiger partial charge is 0.497 e. The molecule has 156 valence electrons. The van der Waals surface area contributed by atoms with E-state index in [0.717, 1.165) is 49.5 Å². The number of carbonyl (C=O) groups is 1. The number of aromatic nitrogens is 2. The van der Waals surface area contributed by atoms with Gasteiger partial charge in [0.15, 0.2) is 0 Å². The summed E-state index contributed by atoms with van der Waals surface area (Å²) in [5, 5.41) is 0. The number of ether oxygens (including phenoxy) is 1. The molecule has 0 atom stereocenters. The van der Waals surface area contributed by atoms with Crippen molar-refractivity contribution in [2.45, 2.75) is 26.2 Å². The van der Waals surface area contributed by atoms with Crippen LogP contribution in [0, 0.1) is 12.7 Å². The van der Waals surface area contributed by atoms with Gasteiger partial charge in [-0.25, -0.2) is 9.37 Å². The van der Waals surface area contributed by atoms with Crippen LogP contribution in [0.25, 0.3) is 17.1 Å². The summed E-state index contributed by atoms with van der Waals surface area (Å²) in [6, 6.07) is 12.4. The number of hydrogen-bond acceptors (Lipinski definition) is 3. The number of methoxy groups -OCH3 is 1. The summed E-state index contributed by atoms with van der Waals surface area (Å²) >= 11 is 3.20. The summed E-state index contributed by atoms with van der Waals surface area (Å²) in [4.78, 5) is 19.8. The quantitative estimate of drug-likeness (QED) is 0.512. The van der Waals surface area contributed by atoms with E-state index in [1.807, 2.05) is 40.7 Å². The van der Waals surface area contributed by atoms with E-state index in [2.05, 4.69) is 15.9 Å². The first kappa shape index (κ1) is 20.6. The lowest BCUT2D eigenvalue weighted by Gasteiger charge is -2.26. The third-order valence-corrected chi connectivity index (χ3v) is 6.11. The van der Waals surface area contributed by atoms with Crippen LogP contribution in [0.5, 0.6) is 5.75 Å². The van der Waals surface area contributed by atoms with Gasteiger partial charge in [-0.1, -0.05) is 0 Å². The predicted octanol–water partition coefficient (Wildman–Crippen LogP) is 5.38. The third kappa shape index (κ3) is 3.86. The van der Waals surface area contributed by atoms with Crippen LogP contribution in [0.4, 0.5) is 4.39 Å². The number of hydrogen-bond donors (Lipinski definition) is 0. The van der Waals surface area contributed by atoms with Gasteiger partial charge in [-0.15, -0.1) is 0 Å². The summed E-state index contributed by atoms with van der Waals surface area (Å²) in [7, 11) is 1.61. The number of amides is 1. The molecule has 0 unspecified atom stereocenters. The van der Waals surface area contributed by atoms with Crippen LogP contribution in [-0.2, 0) is 0 Å². The maximum absolute atomic E-state index is 14.3. The standard InChI is InChI=1S/C23H23BrFN3O2/c1-15-21(23(29)27-12-4-3-5-13-27)26-22(16-6-11-19(24)20(25)14-16)28(15)17-7-9-18(30-2)10-8-17/h6-11,14H,3-5,12-13H2,1-2H3. The second kappa shape index (κ2) is 8.60. The van der Waals surface area contributed by atoms with Gasteiger partial charge in [-0.05, 0) is 84.6 Å². The molecule has 3 aromatic rings. The molecule has 5 nitrogen and oxygen atoms in total. The Kier molecular flexibility index (Phi) is 5.90. The predicted molar refractivity (Wildman–Crippen MR) is 118 cm³/mol. The average Bonchev–Trinajstić information content (AvgIpc) is 3.12. The highest BCUT2D eigenvalue weighted by molar-refractivity contribution is 9.10. The zero-order valence-electron chi connectivity index (χ0n) is 17.0. The van der Waals surface area contributed by atoms with E-state index in [-0.39, 0.29) is 11.7 Å². The van der Waals surface area contributed by atoms with Crippen LogP contribution < -0.4 is 4.74 Å². The Hall–Kier alpha value is -2.67. The van der Waals surface area contributed by atoms with Crippen molar-refractivity contribution in [1.82, 2.24) is 14.5 Å². The molecule has 1 aliphatic rings. The van der Waals surface area contributed by atoms with E-state index in [4.69, 9.17) is 9.72 Å². The fourth-order valence-electron chi connectivity index (χ4n) is 3.83. The number of imidazole rings is 1. The molecule has 30 heavy (non-hydrogen) atoms. The first-order valence-electron chi connectivity index (χ1n) is 9.98. The number of likely N-dealkylation sites (tertiary alicyclic amines) is 1. The number of carbonyl (C=O) groups excluding carboxylic acids is 1. The zero-order valence-corrected chi connectivity index (χ0v) is 18.6. The molecule has 1 aliphatic heterocycles. The van der Waals surface area contributed by atoms with Gasteiger partial charge in [-0.2, -0.15) is 0 Å². The van der Waals surface area contributed by atoms with Crippen molar-refractivity contribution in [3.05, 3.63) is 64.1 Å². The number of piperidine rings is 1. The number of nitrogens with zero attached hydrogens (tertiary/aromatic N) is 3. The molecule has 1 saturated heterocycles. The van der Waals surface area contributed by atoms with Gasteiger partial charge in [0, 0.05) is 24.3 Å². The molecule has 7 heteroatoms. The summed E-state index contributed by atoms with van der Waals surface area (Å²) in [6.07, 6.45) is 3.16. The molecule has 0 aliphatic carbocycles. The summed E-state index contributed by atoms with van der Waals surface area (Å²) < 4.78 is 21.8. The second-order valence-electron chi connectivity index (χ2n) is 7.38. The minimum Gasteiger partial charge on any atom is -0.497 e. The van der Waals surface area contributed by atoms with Gasteiger partial charge in [-0.3, -0.25) is 9.36 Å². The zero-order chi connectivity index (χ0) is 21.3. The Balaban J connectivity index is 1.85. The summed E-state index contributed by atoms with van der Waals surface area (Å²) in [5.41, 5.74) is 2.57. The number of rotatable bonds is 4. The lowest BCUT2D eigenvalue weighted by Crippen LogP contribution is -2.36. The first-order valence-corrected chi connectivity index (χ1v) is 10.8. The molecular weight excluding hydrogens is 449 g/mol. The van der Waals surface area contributed by atoms with Crippen LogP contribution in [0.2, 0.25) is 0 Å². The Morgan fingerprint density at radius 1 is 1.10 bits per heavy atom. The fraction of sp³-hybridized carbons (Fsp3) is 0.304. The van der Waals surface area contributed by atoms with E-state index in [1.165, 1.54) is 6.07 Å². The van der Waals surface area contributed by atoms with Crippen LogP contribution >= 0.6 is 15.9 Å². The highest BCUT2D eigenvalue weighted by Crippen LogP contribution is 2.30. The molecule has 0 spiro atoms. The Labute approximate surface area is 183 Å². The van der Waals surface area contributed by atoms with E-state index < -0.39 is 0 Å². The van der Waals surface area contributed by atoms with Crippen LogP contribution in [0.1, 0.15) is 35.4 Å². The van der Waals surface area contributed by atoms with Crippen molar-refractivity contribution in [1.29, 1.82) is 0 Å². The maximum Gasteiger partial charge on any atom is 0.274 e. The van der Waals surface area contributed by atoms with Gasteiger partial charge >= 0.3 is 0 Å². The Morgan fingerprint density at radius 2 is 1.80 bits per heavy atom. The molecule has 1 aromatic heterocycles. The molecule has 2 heterocycles. The van der Waals surface area contributed by atoms with Gasteiger partial charge in [0.05, 0.1) is 17.3 Å². The lowest BCUT2D eigenvalue weighted by atomic mass is 10.1. The van der Waals surface area contributed by atoms with E-state index in [9.17, 15) is 9.18 Å². The van der Waals surface area contributed by atoms with Gasteiger partial charge in [0.25, 0.3) is 5.91 Å². The van der Waals surface area contributed by atoms with E-state index in [0.29, 0.717) is 21.6 Å². The van der Waals surface area contributed by atoms with Crippen molar-refractivity contribution in [3.63, 3.8) is 0 Å². The molecule has 0 N–H and O–H groups in total. The monoisotopic (exact) mass is 471 g/mol. The molecular formula is C23H23BrFN3O2. The van der Waals surface area contributed by atoms with Gasteiger partial charge in [0.1, 0.15) is 23.1 Å². The normalized spacial score (nSPS) is 14.1. The summed E-state index contributed by atoms with van der Waals surface area (Å²) in [6.45, 7) is 3.37. The van der Waals surface area contributed by atoms with Crippen LogP contribution in [0.3, 0.4) is 0 Å². The molecule has 0 bridgehead atoms. The summed E-state index contributed by atoms with van der Waals surface area (Å²) in [5.74, 6) is 0.818. The Bertz CT molecular complexity index is 1070. The molecule has 1 fully saturated rings. The second-order valence-corrected chi connectivity index (χ2v) is 8.24. The van der Waals surface area contributed by atoms with Crippen molar-refractivity contribution in [3.8, 4) is 22.8 Å². The fourth-order valence-corrected chi connectivity index (χ4v) is 4.07. The highest BCUT2D eigenvalue weighted by atomic mass is 79.9. The highest BCUT2D eigenvalue weighted by Gasteiger charge is 2.26. The molecule has 2 aromatic carbocycles.